The lowest BCUT2D eigenvalue weighted by molar-refractivity contribution is 0.242. The molecule has 1 fully saturated rings. The number of rotatable bonds is 2. The van der Waals surface area contributed by atoms with E-state index >= 15 is 0 Å². The molecule has 4 heteroatoms. The van der Waals surface area contributed by atoms with Crippen molar-refractivity contribution in [3.05, 3.63) is 11.7 Å². The van der Waals surface area contributed by atoms with Crippen LogP contribution in [0, 0.1) is 0 Å². The van der Waals surface area contributed by atoms with Crippen molar-refractivity contribution in [3.8, 4) is 0 Å². The molecule has 0 radical (unpaired) electrons. The molecule has 1 aliphatic rings. The molecule has 0 amide bonds. The molecule has 0 bridgehead atoms. The van der Waals surface area contributed by atoms with Crippen molar-refractivity contribution in [2.45, 2.75) is 32.1 Å². The van der Waals surface area contributed by atoms with Crippen LogP contribution in [0.15, 0.2) is 4.52 Å². The molecule has 2 heterocycles. The minimum atomic E-state index is 0.470. The van der Waals surface area contributed by atoms with Gasteiger partial charge in [0, 0.05) is 18.9 Å². The van der Waals surface area contributed by atoms with Crippen LogP contribution in [0.3, 0.4) is 0 Å². The lowest BCUT2D eigenvalue weighted by atomic mass is 9.98. The summed E-state index contributed by atoms with van der Waals surface area (Å²) in [6, 6.07) is 0. The Morgan fingerprint density at radius 2 is 2.43 bits per heavy atom. The Kier molecular flexibility index (Phi) is 2.82. The molecule has 1 saturated heterocycles. The van der Waals surface area contributed by atoms with E-state index in [0.717, 1.165) is 24.7 Å². The number of aryl methyl sites for hydroxylation is 1. The summed E-state index contributed by atoms with van der Waals surface area (Å²) in [5.74, 6) is 2.12. The maximum Gasteiger partial charge on any atom is 0.226 e. The molecule has 0 aliphatic carbocycles. The standard InChI is InChI=1S/C10H17N3O/c1-3-9-11-10(12-14-9)8-5-4-6-13(2)7-8/h8H,3-7H2,1-2H3. The number of piperidine rings is 1. The number of aromatic nitrogens is 2. The molecule has 4 nitrogen and oxygen atoms in total. The lowest BCUT2D eigenvalue weighted by Gasteiger charge is -2.27. The predicted octanol–water partition coefficient (Wildman–Crippen LogP) is 1.44. The quantitative estimate of drug-likeness (QED) is 0.716. The molecule has 1 unspecified atom stereocenters. The van der Waals surface area contributed by atoms with Gasteiger partial charge in [-0.1, -0.05) is 12.1 Å². The third-order valence-electron chi connectivity index (χ3n) is 2.78. The van der Waals surface area contributed by atoms with Crippen LogP contribution in [0.25, 0.3) is 0 Å². The highest BCUT2D eigenvalue weighted by molar-refractivity contribution is 4.98. The minimum Gasteiger partial charge on any atom is -0.339 e. The molecule has 0 N–H and O–H groups in total. The van der Waals surface area contributed by atoms with Crippen molar-refractivity contribution in [1.29, 1.82) is 0 Å². The zero-order valence-electron chi connectivity index (χ0n) is 8.86. The summed E-state index contributed by atoms with van der Waals surface area (Å²) in [5.41, 5.74) is 0. The van der Waals surface area contributed by atoms with Crippen molar-refractivity contribution >= 4 is 0 Å². The van der Waals surface area contributed by atoms with Crippen LogP contribution in [-0.2, 0) is 6.42 Å². The second-order valence-corrected chi connectivity index (χ2v) is 4.00. The average Bonchev–Trinajstić information content (AvgIpc) is 2.66. The fraction of sp³-hybridized carbons (Fsp3) is 0.800. The van der Waals surface area contributed by atoms with E-state index < -0.39 is 0 Å². The average molecular weight is 195 g/mol. The zero-order valence-corrected chi connectivity index (χ0v) is 8.86. The van der Waals surface area contributed by atoms with Crippen molar-refractivity contribution in [2.24, 2.45) is 0 Å². The summed E-state index contributed by atoms with van der Waals surface area (Å²) >= 11 is 0. The van der Waals surface area contributed by atoms with Crippen LogP contribution in [0.1, 0.15) is 37.4 Å². The summed E-state index contributed by atoms with van der Waals surface area (Å²) in [6.45, 7) is 4.28. The fourth-order valence-corrected chi connectivity index (χ4v) is 1.95. The molecule has 1 atom stereocenters. The van der Waals surface area contributed by atoms with Crippen molar-refractivity contribution in [2.75, 3.05) is 20.1 Å². The number of likely N-dealkylation sites (tertiary alicyclic amines) is 1. The maximum absolute atomic E-state index is 5.12. The fourth-order valence-electron chi connectivity index (χ4n) is 1.95. The topological polar surface area (TPSA) is 42.2 Å². The summed E-state index contributed by atoms with van der Waals surface area (Å²) < 4.78 is 5.12. The summed E-state index contributed by atoms with van der Waals surface area (Å²) in [7, 11) is 2.15. The van der Waals surface area contributed by atoms with Gasteiger partial charge in [-0.25, -0.2) is 0 Å². The van der Waals surface area contributed by atoms with E-state index in [2.05, 4.69) is 22.1 Å². The zero-order chi connectivity index (χ0) is 9.97. The molecule has 0 aromatic carbocycles. The van der Waals surface area contributed by atoms with E-state index in [1.807, 2.05) is 6.92 Å². The van der Waals surface area contributed by atoms with E-state index in [1.54, 1.807) is 0 Å². The van der Waals surface area contributed by atoms with Crippen molar-refractivity contribution < 1.29 is 4.52 Å². The summed E-state index contributed by atoms with van der Waals surface area (Å²) in [4.78, 5) is 6.71. The van der Waals surface area contributed by atoms with Gasteiger partial charge >= 0.3 is 0 Å². The molecule has 14 heavy (non-hydrogen) atoms. The predicted molar refractivity (Wildman–Crippen MR) is 53.1 cm³/mol. The Bertz CT molecular complexity index is 297. The molecule has 1 aromatic heterocycles. The van der Waals surface area contributed by atoms with Gasteiger partial charge in [0.1, 0.15) is 0 Å². The van der Waals surface area contributed by atoms with E-state index in [0.29, 0.717) is 5.92 Å². The van der Waals surface area contributed by atoms with Crippen LogP contribution < -0.4 is 0 Å². The van der Waals surface area contributed by atoms with Gasteiger partial charge in [-0.3, -0.25) is 0 Å². The van der Waals surface area contributed by atoms with Gasteiger partial charge in [0.15, 0.2) is 5.82 Å². The summed E-state index contributed by atoms with van der Waals surface area (Å²) in [5, 5.41) is 4.03. The SMILES string of the molecule is CCc1nc(C2CCCN(C)C2)no1. The summed E-state index contributed by atoms with van der Waals surface area (Å²) in [6.07, 6.45) is 3.25. The normalized spacial score (nSPS) is 24.0. The Balaban J connectivity index is 2.06. The highest BCUT2D eigenvalue weighted by atomic mass is 16.5. The number of nitrogens with zero attached hydrogens (tertiary/aromatic N) is 3. The van der Waals surface area contributed by atoms with Crippen molar-refractivity contribution in [1.82, 2.24) is 15.0 Å². The molecule has 0 saturated carbocycles. The first-order chi connectivity index (χ1) is 6.79. The van der Waals surface area contributed by atoms with Gasteiger partial charge in [0.25, 0.3) is 0 Å². The number of hydrogen-bond donors (Lipinski definition) is 0. The van der Waals surface area contributed by atoms with E-state index in [1.165, 1.54) is 19.4 Å². The number of hydrogen-bond acceptors (Lipinski definition) is 4. The molecule has 0 spiro atoms. The Labute approximate surface area is 84.3 Å². The van der Waals surface area contributed by atoms with E-state index in [9.17, 15) is 0 Å². The minimum absolute atomic E-state index is 0.470. The first-order valence-electron chi connectivity index (χ1n) is 5.30. The molecular formula is C10H17N3O. The first kappa shape index (κ1) is 9.65. The second kappa shape index (κ2) is 4.09. The van der Waals surface area contributed by atoms with Gasteiger partial charge in [-0.05, 0) is 26.4 Å². The van der Waals surface area contributed by atoms with Crippen LogP contribution in [0.2, 0.25) is 0 Å². The van der Waals surface area contributed by atoms with E-state index in [-0.39, 0.29) is 0 Å². The third-order valence-corrected chi connectivity index (χ3v) is 2.78. The molecule has 1 aromatic rings. The van der Waals surface area contributed by atoms with Crippen LogP contribution in [-0.4, -0.2) is 35.2 Å². The molecular weight excluding hydrogens is 178 g/mol. The smallest absolute Gasteiger partial charge is 0.226 e. The van der Waals surface area contributed by atoms with Gasteiger partial charge in [0.05, 0.1) is 0 Å². The third kappa shape index (κ3) is 1.95. The highest BCUT2D eigenvalue weighted by Gasteiger charge is 2.22. The molecule has 78 valence electrons. The Hall–Kier alpha value is -0.900. The highest BCUT2D eigenvalue weighted by Crippen LogP contribution is 2.23. The van der Waals surface area contributed by atoms with Crippen LogP contribution in [0.4, 0.5) is 0 Å². The van der Waals surface area contributed by atoms with Gasteiger partial charge in [-0.2, -0.15) is 4.98 Å². The van der Waals surface area contributed by atoms with E-state index in [4.69, 9.17) is 4.52 Å². The molecule has 2 rings (SSSR count). The number of likely N-dealkylation sites (N-methyl/N-ethyl adjacent to an activating group) is 1. The lowest BCUT2D eigenvalue weighted by Crippen LogP contribution is -2.31. The maximum atomic E-state index is 5.12. The second-order valence-electron chi connectivity index (χ2n) is 4.00. The van der Waals surface area contributed by atoms with Crippen LogP contribution in [0.5, 0.6) is 0 Å². The monoisotopic (exact) mass is 195 g/mol. The Morgan fingerprint density at radius 3 is 3.07 bits per heavy atom. The van der Waals surface area contributed by atoms with Gasteiger partial charge in [0.2, 0.25) is 5.89 Å². The Morgan fingerprint density at radius 1 is 1.57 bits per heavy atom. The van der Waals surface area contributed by atoms with Crippen LogP contribution >= 0.6 is 0 Å². The molecule has 1 aliphatic heterocycles. The van der Waals surface area contributed by atoms with Gasteiger partial charge in [-0.15, -0.1) is 0 Å². The largest absolute Gasteiger partial charge is 0.339 e. The van der Waals surface area contributed by atoms with Crippen molar-refractivity contribution in [3.63, 3.8) is 0 Å². The first-order valence-corrected chi connectivity index (χ1v) is 5.30. The van der Waals surface area contributed by atoms with Gasteiger partial charge < -0.3 is 9.42 Å².